The van der Waals surface area contributed by atoms with E-state index in [0.717, 1.165) is 0 Å². The molecule has 0 aliphatic heterocycles. The van der Waals surface area contributed by atoms with Crippen molar-refractivity contribution in [3.05, 3.63) is 121 Å². The summed E-state index contributed by atoms with van der Waals surface area (Å²) in [5.41, 5.74) is 0. The van der Waals surface area contributed by atoms with Crippen molar-refractivity contribution in [3.63, 3.8) is 0 Å². The fraction of sp³-hybridized carbons (Fsp3) is 0.0400. The zero-order valence-electron chi connectivity index (χ0n) is 16.0. The predicted octanol–water partition coefficient (Wildman–Crippen LogP) is 3.98. The zero-order chi connectivity index (χ0) is 20.2. The maximum atomic E-state index is 17.1. The number of hydrogen-bond donors (Lipinski definition) is 0. The molecule has 0 heterocycles. The summed E-state index contributed by atoms with van der Waals surface area (Å²) in [7, 11) is 0. The molecule has 0 saturated carbocycles. The fourth-order valence-electron chi connectivity index (χ4n) is 3.89. The van der Waals surface area contributed by atoms with Crippen LogP contribution >= 0.6 is 0 Å². The summed E-state index contributed by atoms with van der Waals surface area (Å²) >= 11 is -9.49. The standard InChI is InChI=1S/4C6H5.CH2.2FH.2Sn/c4*1-2-4-6-5-3-1;;;;;/h4*1-5H;1H2;2*1H;;/q;;;;;;;2*+1/p-2. The first kappa shape index (κ1) is 20.6. The summed E-state index contributed by atoms with van der Waals surface area (Å²) in [5.74, 6) is 0. The first-order valence-corrected chi connectivity index (χ1v) is 21.6. The second kappa shape index (κ2) is 9.00. The van der Waals surface area contributed by atoms with E-state index in [1.807, 2.05) is 121 Å². The number of hydrogen-bond acceptors (Lipinski definition) is 0. The quantitative estimate of drug-likeness (QED) is 0.295. The molecule has 0 fully saturated rings. The Kier molecular flexibility index (Phi) is 6.40. The van der Waals surface area contributed by atoms with Crippen LogP contribution in [-0.4, -0.2) is 37.9 Å². The van der Waals surface area contributed by atoms with E-state index in [9.17, 15) is 0 Å². The first-order chi connectivity index (χ1) is 14.1. The van der Waals surface area contributed by atoms with Gasteiger partial charge in [0.05, 0.1) is 0 Å². The van der Waals surface area contributed by atoms with Gasteiger partial charge in [0.15, 0.2) is 0 Å². The Morgan fingerprint density at radius 1 is 0.379 bits per heavy atom. The second-order valence-corrected chi connectivity index (χ2v) is 30.8. The van der Waals surface area contributed by atoms with Crippen molar-refractivity contribution in [2.75, 3.05) is 0 Å². The van der Waals surface area contributed by atoms with E-state index >= 15 is 5.73 Å². The van der Waals surface area contributed by atoms with Crippen molar-refractivity contribution in [2.45, 2.75) is 2.45 Å². The molecule has 0 nitrogen and oxygen atoms in total. The fourth-order valence-corrected chi connectivity index (χ4v) is 46.8. The normalized spacial score (nSPS) is 11.9. The van der Waals surface area contributed by atoms with Gasteiger partial charge in [0.1, 0.15) is 0 Å². The van der Waals surface area contributed by atoms with E-state index in [2.05, 4.69) is 0 Å². The molecule has 144 valence electrons. The first-order valence-electron chi connectivity index (χ1n) is 9.73. The topological polar surface area (TPSA) is 0 Å². The van der Waals surface area contributed by atoms with Crippen LogP contribution in [-0.2, 0) is 0 Å². The van der Waals surface area contributed by atoms with Gasteiger partial charge >= 0.3 is 182 Å². The van der Waals surface area contributed by atoms with Crippen molar-refractivity contribution in [2.24, 2.45) is 0 Å². The SMILES string of the molecule is [F][Sn]([CH2][Sn]([F])([c]1ccccc1)[c]1ccccc1)([c]1ccccc1)[c]1ccccc1. The predicted molar refractivity (Wildman–Crippen MR) is 123 cm³/mol. The Labute approximate surface area is 180 Å². The number of halogens is 2. The minimum absolute atomic E-state index is 0.0609. The molecule has 4 rings (SSSR count). The molecule has 4 aromatic rings. The van der Waals surface area contributed by atoms with Gasteiger partial charge in [0, 0.05) is 0 Å². The third-order valence-corrected chi connectivity index (χ3v) is 41.1. The summed E-state index contributed by atoms with van der Waals surface area (Å²) in [6.45, 7) is 0. The third kappa shape index (κ3) is 4.28. The molecule has 0 spiro atoms. The van der Waals surface area contributed by atoms with Crippen LogP contribution in [0.2, 0.25) is 2.45 Å². The summed E-state index contributed by atoms with van der Waals surface area (Å²) < 4.78 is 37.2. The average Bonchev–Trinajstić information content (AvgIpc) is 2.81. The van der Waals surface area contributed by atoms with Gasteiger partial charge in [-0.15, -0.1) is 0 Å². The van der Waals surface area contributed by atoms with E-state index in [0.29, 0.717) is 14.3 Å². The molecule has 0 aliphatic rings. The Hall–Kier alpha value is -1.66. The Morgan fingerprint density at radius 2 is 0.586 bits per heavy atom. The Bertz CT molecular complexity index is 873. The molecule has 29 heavy (non-hydrogen) atoms. The van der Waals surface area contributed by atoms with Gasteiger partial charge in [-0.25, -0.2) is 0 Å². The van der Waals surface area contributed by atoms with Gasteiger partial charge < -0.3 is 0 Å². The Balaban J connectivity index is 1.91. The van der Waals surface area contributed by atoms with Gasteiger partial charge in [-0.05, 0) is 0 Å². The summed E-state index contributed by atoms with van der Waals surface area (Å²) in [4.78, 5) is 0. The Morgan fingerprint density at radius 3 is 0.793 bits per heavy atom. The molecular formula is C25H22F2Sn2. The number of benzene rings is 4. The molecule has 0 radical (unpaired) electrons. The molecule has 0 N–H and O–H groups in total. The number of rotatable bonds is 6. The van der Waals surface area contributed by atoms with Crippen molar-refractivity contribution in [3.8, 4) is 0 Å². The molecular weight excluding hydrogens is 576 g/mol. The van der Waals surface area contributed by atoms with Crippen molar-refractivity contribution in [1.82, 2.24) is 0 Å². The van der Waals surface area contributed by atoms with Crippen LogP contribution in [0.1, 0.15) is 0 Å². The van der Waals surface area contributed by atoms with Crippen LogP contribution < -0.4 is 14.3 Å². The van der Waals surface area contributed by atoms with Gasteiger partial charge in [0.2, 0.25) is 0 Å². The molecule has 0 aromatic heterocycles. The van der Waals surface area contributed by atoms with E-state index in [-0.39, 0.29) is 2.45 Å². The van der Waals surface area contributed by atoms with E-state index in [1.54, 1.807) is 0 Å². The zero-order valence-corrected chi connectivity index (χ0v) is 21.7. The van der Waals surface area contributed by atoms with Crippen molar-refractivity contribution in [1.29, 1.82) is 0 Å². The van der Waals surface area contributed by atoms with Gasteiger partial charge in [0.25, 0.3) is 0 Å². The molecule has 0 bridgehead atoms. The van der Waals surface area contributed by atoms with Crippen LogP contribution in [0.4, 0.5) is 5.73 Å². The molecule has 0 atom stereocenters. The van der Waals surface area contributed by atoms with E-state index in [4.69, 9.17) is 0 Å². The summed E-state index contributed by atoms with van der Waals surface area (Å²) in [5, 5.41) is 0. The van der Waals surface area contributed by atoms with Gasteiger partial charge in [-0.2, -0.15) is 0 Å². The van der Waals surface area contributed by atoms with E-state index in [1.165, 1.54) is 0 Å². The van der Waals surface area contributed by atoms with Crippen LogP contribution in [0.3, 0.4) is 0 Å². The van der Waals surface area contributed by atoms with E-state index < -0.39 is 37.9 Å². The van der Waals surface area contributed by atoms with Crippen LogP contribution in [0.15, 0.2) is 121 Å². The molecule has 0 amide bonds. The van der Waals surface area contributed by atoms with Crippen LogP contribution in [0.25, 0.3) is 0 Å². The molecule has 0 unspecified atom stereocenters. The summed E-state index contributed by atoms with van der Waals surface area (Å²) in [6.07, 6.45) is 0. The van der Waals surface area contributed by atoms with Crippen LogP contribution in [0.5, 0.6) is 0 Å². The van der Waals surface area contributed by atoms with Crippen molar-refractivity contribution < 1.29 is 5.73 Å². The monoisotopic (exact) mass is 600 g/mol. The molecule has 4 heteroatoms. The minimum atomic E-state index is -4.75. The molecule has 0 aliphatic carbocycles. The molecule has 4 aromatic carbocycles. The second-order valence-electron chi connectivity index (χ2n) is 7.24. The average molecular weight is 598 g/mol. The molecule has 0 saturated heterocycles. The third-order valence-electron chi connectivity index (χ3n) is 5.41. The van der Waals surface area contributed by atoms with Gasteiger partial charge in [-0.1, -0.05) is 0 Å². The summed E-state index contributed by atoms with van der Waals surface area (Å²) in [6, 6.07) is 37.3. The van der Waals surface area contributed by atoms with Crippen molar-refractivity contribution >= 4 is 52.2 Å². The van der Waals surface area contributed by atoms with Gasteiger partial charge in [-0.3, -0.25) is 0 Å². The van der Waals surface area contributed by atoms with Crippen LogP contribution in [0, 0.1) is 0 Å². The maximum absolute atomic E-state index is 17.1.